The van der Waals surface area contributed by atoms with Gasteiger partial charge in [0.1, 0.15) is 5.03 Å². The molecule has 4 heteroatoms. The standard InChI is InChI=1S/C17H19BrN2S/c1-11-7-12(2)20-17(8-11)21-16-9-14(18)4-3-13(16)10-19-15-5-6-15/h3-4,7-9,15,19H,5-6,10H2,1-2H3. The molecule has 1 heterocycles. The lowest BCUT2D eigenvalue weighted by Gasteiger charge is -2.11. The minimum absolute atomic E-state index is 0.728. The van der Waals surface area contributed by atoms with E-state index in [2.05, 4.69) is 63.5 Å². The number of halogens is 1. The maximum Gasteiger partial charge on any atom is 0.101 e. The zero-order valence-electron chi connectivity index (χ0n) is 12.3. The predicted octanol–water partition coefficient (Wildman–Crippen LogP) is 4.86. The van der Waals surface area contributed by atoms with Gasteiger partial charge in [0.25, 0.3) is 0 Å². The fourth-order valence-corrected chi connectivity index (χ4v) is 3.91. The fraction of sp³-hybridized carbons (Fsp3) is 0.353. The van der Waals surface area contributed by atoms with E-state index in [1.54, 1.807) is 11.8 Å². The molecular weight excluding hydrogens is 344 g/mol. The van der Waals surface area contributed by atoms with Crippen molar-refractivity contribution in [2.24, 2.45) is 0 Å². The number of aryl methyl sites for hydroxylation is 2. The van der Waals surface area contributed by atoms with Gasteiger partial charge in [-0.3, -0.25) is 0 Å². The number of benzene rings is 1. The van der Waals surface area contributed by atoms with Crippen LogP contribution in [0.2, 0.25) is 0 Å². The SMILES string of the molecule is Cc1cc(C)nc(Sc2cc(Br)ccc2CNC2CC2)c1. The quantitative estimate of drug-likeness (QED) is 0.821. The lowest BCUT2D eigenvalue weighted by molar-refractivity contribution is 0.680. The molecule has 1 fully saturated rings. The molecule has 0 saturated heterocycles. The van der Waals surface area contributed by atoms with E-state index in [0.29, 0.717) is 0 Å². The minimum atomic E-state index is 0.728. The maximum atomic E-state index is 4.63. The molecule has 1 aliphatic carbocycles. The van der Waals surface area contributed by atoms with E-state index in [-0.39, 0.29) is 0 Å². The second kappa shape index (κ2) is 6.51. The fourth-order valence-electron chi connectivity index (χ4n) is 2.28. The highest BCUT2D eigenvalue weighted by Crippen LogP contribution is 2.32. The molecule has 2 nitrogen and oxygen atoms in total. The van der Waals surface area contributed by atoms with Crippen LogP contribution in [0.1, 0.15) is 29.7 Å². The Labute approximate surface area is 138 Å². The Morgan fingerprint density at radius 3 is 2.76 bits per heavy atom. The van der Waals surface area contributed by atoms with Crippen molar-refractivity contribution in [1.82, 2.24) is 10.3 Å². The average molecular weight is 363 g/mol. The van der Waals surface area contributed by atoms with Gasteiger partial charge in [-0.05, 0) is 62.1 Å². The summed E-state index contributed by atoms with van der Waals surface area (Å²) in [4.78, 5) is 5.91. The molecule has 0 unspecified atom stereocenters. The summed E-state index contributed by atoms with van der Waals surface area (Å²) >= 11 is 5.32. The van der Waals surface area contributed by atoms with Gasteiger partial charge in [-0.25, -0.2) is 4.98 Å². The summed E-state index contributed by atoms with van der Waals surface area (Å²) < 4.78 is 1.12. The maximum absolute atomic E-state index is 4.63. The first kappa shape index (κ1) is 15.1. The first-order valence-electron chi connectivity index (χ1n) is 7.25. The Bertz CT molecular complexity index is 633. The second-order valence-electron chi connectivity index (χ2n) is 5.63. The third-order valence-corrected chi connectivity index (χ3v) is 4.99. The number of pyridine rings is 1. The van der Waals surface area contributed by atoms with Gasteiger partial charge in [0, 0.05) is 27.6 Å². The third kappa shape index (κ3) is 4.31. The topological polar surface area (TPSA) is 24.9 Å². The molecule has 0 bridgehead atoms. The summed E-state index contributed by atoms with van der Waals surface area (Å²) in [6.07, 6.45) is 2.63. The number of rotatable bonds is 5. The number of hydrogen-bond donors (Lipinski definition) is 1. The first-order valence-corrected chi connectivity index (χ1v) is 8.86. The van der Waals surface area contributed by atoms with Crippen LogP contribution in [0, 0.1) is 13.8 Å². The monoisotopic (exact) mass is 362 g/mol. The number of aromatic nitrogens is 1. The first-order chi connectivity index (χ1) is 10.1. The summed E-state index contributed by atoms with van der Waals surface area (Å²) in [5, 5.41) is 4.66. The van der Waals surface area contributed by atoms with Crippen LogP contribution in [0.3, 0.4) is 0 Å². The molecule has 0 atom stereocenters. The Morgan fingerprint density at radius 2 is 2.05 bits per heavy atom. The smallest absolute Gasteiger partial charge is 0.101 e. The molecule has 0 amide bonds. The largest absolute Gasteiger partial charge is 0.310 e. The Kier molecular flexibility index (Phi) is 4.67. The molecule has 0 radical (unpaired) electrons. The molecule has 1 saturated carbocycles. The Balaban J connectivity index is 1.83. The van der Waals surface area contributed by atoms with Crippen LogP contribution in [0.5, 0.6) is 0 Å². The molecule has 21 heavy (non-hydrogen) atoms. The summed E-state index contributed by atoms with van der Waals surface area (Å²) in [7, 11) is 0. The highest BCUT2D eigenvalue weighted by atomic mass is 79.9. The van der Waals surface area contributed by atoms with Crippen LogP contribution in [0.25, 0.3) is 0 Å². The van der Waals surface area contributed by atoms with Crippen molar-refractivity contribution in [3.63, 3.8) is 0 Å². The summed E-state index contributed by atoms with van der Waals surface area (Å²) in [5.41, 5.74) is 3.68. The Morgan fingerprint density at radius 1 is 1.24 bits per heavy atom. The molecule has 0 aliphatic heterocycles. The summed E-state index contributed by atoms with van der Waals surface area (Å²) in [6, 6.07) is 11.5. The van der Waals surface area contributed by atoms with E-state index in [1.165, 1.54) is 28.9 Å². The second-order valence-corrected chi connectivity index (χ2v) is 7.61. The van der Waals surface area contributed by atoms with Crippen molar-refractivity contribution in [3.8, 4) is 0 Å². The third-order valence-electron chi connectivity index (χ3n) is 3.48. The molecule has 0 spiro atoms. The molecule has 1 aromatic heterocycles. The van der Waals surface area contributed by atoms with Crippen LogP contribution in [0.4, 0.5) is 0 Å². The average Bonchev–Trinajstić information content (AvgIpc) is 3.20. The van der Waals surface area contributed by atoms with Gasteiger partial charge in [-0.2, -0.15) is 0 Å². The van der Waals surface area contributed by atoms with Crippen molar-refractivity contribution in [3.05, 3.63) is 51.6 Å². The molecule has 1 N–H and O–H groups in total. The Hall–Kier alpha value is -0.840. The van der Waals surface area contributed by atoms with Gasteiger partial charge >= 0.3 is 0 Å². The van der Waals surface area contributed by atoms with E-state index in [0.717, 1.165) is 27.8 Å². The van der Waals surface area contributed by atoms with Crippen molar-refractivity contribution >= 4 is 27.7 Å². The number of hydrogen-bond acceptors (Lipinski definition) is 3. The highest BCUT2D eigenvalue weighted by molar-refractivity contribution is 9.10. The molecule has 1 aromatic carbocycles. The van der Waals surface area contributed by atoms with Crippen molar-refractivity contribution in [1.29, 1.82) is 0 Å². The van der Waals surface area contributed by atoms with E-state index in [1.807, 2.05) is 6.92 Å². The van der Waals surface area contributed by atoms with Gasteiger partial charge in [-0.1, -0.05) is 33.8 Å². The van der Waals surface area contributed by atoms with E-state index in [4.69, 9.17) is 0 Å². The van der Waals surface area contributed by atoms with Crippen LogP contribution >= 0.6 is 27.7 Å². The van der Waals surface area contributed by atoms with Crippen LogP contribution in [0.15, 0.2) is 44.7 Å². The number of nitrogens with zero attached hydrogens (tertiary/aromatic N) is 1. The van der Waals surface area contributed by atoms with E-state index >= 15 is 0 Å². The molecule has 1 aliphatic rings. The zero-order chi connectivity index (χ0) is 14.8. The summed E-state index contributed by atoms with van der Waals surface area (Å²) in [6.45, 7) is 5.10. The minimum Gasteiger partial charge on any atom is -0.310 e. The molecule has 2 aromatic rings. The van der Waals surface area contributed by atoms with Gasteiger partial charge < -0.3 is 5.32 Å². The van der Waals surface area contributed by atoms with Crippen LogP contribution in [-0.2, 0) is 6.54 Å². The van der Waals surface area contributed by atoms with Gasteiger partial charge in [0.15, 0.2) is 0 Å². The highest BCUT2D eigenvalue weighted by Gasteiger charge is 2.20. The number of nitrogens with one attached hydrogen (secondary N) is 1. The lowest BCUT2D eigenvalue weighted by atomic mass is 10.2. The van der Waals surface area contributed by atoms with Crippen LogP contribution < -0.4 is 5.32 Å². The van der Waals surface area contributed by atoms with Crippen molar-refractivity contribution < 1.29 is 0 Å². The molecular formula is C17H19BrN2S. The zero-order valence-corrected chi connectivity index (χ0v) is 14.7. The molecule has 110 valence electrons. The van der Waals surface area contributed by atoms with Gasteiger partial charge in [0.05, 0.1) is 0 Å². The molecule has 3 rings (SSSR count). The summed E-state index contributed by atoms with van der Waals surface area (Å²) in [5.74, 6) is 0. The van der Waals surface area contributed by atoms with E-state index in [9.17, 15) is 0 Å². The van der Waals surface area contributed by atoms with Crippen LogP contribution in [-0.4, -0.2) is 11.0 Å². The normalized spacial score (nSPS) is 14.4. The van der Waals surface area contributed by atoms with Gasteiger partial charge in [0.2, 0.25) is 0 Å². The van der Waals surface area contributed by atoms with Gasteiger partial charge in [-0.15, -0.1) is 0 Å². The van der Waals surface area contributed by atoms with Crippen molar-refractivity contribution in [2.45, 2.75) is 49.2 Å². The van der Waals surface area contributed by atoms with Crippen molar-refractivity contribution in [2.75, 3.05) is 0 Å². The van der Waals surface area contributed by atoms with E-state index < -0.39 is 0 Å². The predicted molar refractivity (Wildman–Crippen MR) is 91.8 cm³/mol. The lowest BCUT2D eigenvalue weighted by Crippen LogP contribution is -2.15.